The number of aliphatic carboxylic acids is 1. The quantitative estimate of drug-likeness (QED) is 0.569. The van der Waals surface area contributed by atoms with Crippen LogP contribution in [0.4, 0.5) is 0 Å². The fourth-order valence-electron chi connectivity index (χ4n) is 1.32. The molecular weight excluding hydrogens is 236 g/mol. The van der Waals surface area contributed by atoms with E-state index in [1.165, 1.54) is 13.2 Å². The van der Waals surface area contributed by atoms with Crippen molar-refractivity contribution < 1.29 is 24.5 Å². The largest absolute Gasteiger partial charge is 0.493 e. The molecule has 0 saturated carbocycles. The molecule has 1 aromatic rings. The maximum Gasteiger partial charge on any atom is 0.328 e. The first-order chi connectivity index (χ1) is 8.67. The van der Waals surface area contributed by atoms with Crippen molar-refractivity contribution in [3.05, 3.63) is 29.8 Å². The highest BCUT2D eigenvalue weighted by molar-refractivity contribution is 5.85. The minimum atomic E-state index is -1.01. The van der Waals surface area contributed by atoms with Crippen molar-refractivity contribution in [1.82, 2.24) is 0 Å². The van der Waals surface area contributed by atoms with Gasteiger partial charge in [-0.15, -0.1) is 0 Å². The van der Waals surface area contributed by atoms with Gasteiger partial charge in [0.05, 0.1) is 13.7 Å². The standard InChI is InChI=1S/C13H16O5/c1-17-11-5-3-10(4-6-13(15)16)9-12(11)18-8-2-7-14/h3-6,9,14H,2,7-8H2,1H3,(H,15,16)/b6-4+. The van der Waals surface area contributed by atoms with Gasteiger partial charge in [-0.25, -0.2) is 4.79 Å². The Balaban J connectivity index is 2.83. The van der Waals surface area contributed by atoms with E-state index in [1.54, 1.807) is 18.2 Å². The lowest BCUT2D eigenvalue weighted by molar-refractivity contribution is -0.131. The Morgan fingerprint density at radius 2 is 2.17 bits per heavy atom. The predicted molar refractivity (Wildman–Crippen MR) is 66.9 cm³/mol. The lowest BCUT2D eigenvalue weighted by atomic mass is 10.2. The van der Waals surface area contributed by atoms with Gasteiger partial charge >= 0.3 is 5.97 Å². The second kappa shape index (κ2) is 7.34. The van der Waals surface area contributed by atoms with Crippen LogP contribution in [0.2, 0.25) is 0 Å². The van der Waals surface area contributed by atoms with Gasteiger partial charge in [0, 0.05) is 19.1 Å². The minimum absolute atomic E-state index is 0.0565. The molecule has 0 fully saturated rings. The van der Waals surface area contributed by atoms with Crippen LogP contribution in [-0.4, -0.2) is 36.5 Å². The molecule has 0 unspecified atom stereocenters. The predicted octanol–water partition coefficient (Wildman–Crippen LogP) is 1.55. The molecule has 0 amide bonds. The summed E-state index contributed by atoms with van der Waals surface area (Å²) in [7, 11) is 1.53. The molecule has 0 saturated heterocycles. The molecule has 18 heavy (non-hydrogen) atoms. The average Bonchev–Trinajstić information content (AvgIpc) is 2.37. The van der Waals surface area contributed by atoms with E-state index >= 15 is 0 Å². The fourth-order valence-corrected chi connectivity index (χ4v) is 1.32. The number of carboxylic acids is 1. The molecular formula is C13H16O5. The molecule has 0 atom stereocenters. The van der Waals surface area contributed by atoms with Crippen molar-refractivity contribution in [2.45, 2.75) is 6.42 Å². The molecule has 0 aliphatic rings. The Morgan fingerprint density at radius 1 is 1.39 bits per heavy atom. The zero-order valence-corrected chi connectivity index (χ0v) is 10.1. The summed E-state index contributed by atoms with van der Waals surface area (Å²) >= 11 is 0. The van der Waals surface area contributed by atoms with E-state index in [0.29, 0.717) is 30.1 Å². The second-order valence-electron chi connectivity index (χ2n) is 3.51. The summed E-state index contributed by atoms with van der Waals surface area (Å²) in [5.74, 6) is 0.0903. The summed E-state index contributed by atoms with van der Waals surface area (Å²) in [5, 5.41) is 17.2. The Bertz CT molecular complexity index is 425. The first-order valence-electron chi connectivity index (χ1n) is 5.50. The first kappa shape index (κ1) is 14.1. The maximum atomic E-state index is 10.4. The van der Waals surface area contributed by atoms with Crippen molar-refractivity contribution in [2.24, 2.45) is 0 Å². The first-order valence-corrected chi connectivity index (χ1v) is 5.50. The van der Waals surface area contributed by atoms with Gasteiger partial charge in [-0.2, -0.15) is 0 Å². The fraction of sp³-hybridized carbons (Fsp3) is 0.308. The number of aliphatic hydroxyl groups excluding tert-OH is 1. The zero-order chi connectivity index (χ0) is 13.4. The zero-order valence-electron chi connectivity index (χ0n) is 10.1. The number of rotatable bonds is 7. The van der Waals surface area contributed by atoms with Crippen LogP contribution in [0.25, 0.3) is 6.08 Å². The van der Waals surface area contributed by atoms with Crippen LogP contribution in [0.15, 0.2) is 24.3 Å². The van der Waals surface area contributed by atoms with Gasteiger partial charge in [0.25, 0.3) is 0 Å². The van der Waals surface area contributed by atoms with E-state index in [-0.39, 0.29) is 6.61 Å². The lowest BCUT2D eigenvalue weighted by Crippen LogP contribution is -2.01. The molecule has 0 aliphatic carbocycles. The third-order valence-electron chi connectivity index (χ3n) is 2.17. The average molecular weight is 252 g/mol. The van der Waals surface area contributed by atoms with Crippen molar-refractivity contribution in [2.75, 3.05) is 20.3 Å². The molecule has 0 spiro atoms. The molecule has 2 N–H and O–H groups in total. The number of aliphatic hydroxyl groups is 1. The van der Waals surface area contributed by atoms with Crippen molar-refractivity contribution in [3.8, 4) is 11.5 Å². The molecule has 0 aliphatic heterocycles. The number of carboxylic acid groups (broad SMARTS) is 1. The summed E-state index contributed by atoms with van der Waals surface area (Å²) in [6.45, 7) is 0.430. The highest BCUT2D eigenvalue weighted by Crippen LogP contribution is 2.28. The topological polar surface area (TPSA) is 76.0 Å². The number of hydrogen-bond donors (Lipinski definition) is 2. The summed E-state index contributed by atoms with van der Waals surface area (Å²) in [6.07, 6.45) is 3.05. The van der Waals surface area contributed by atoms with Crippen molar-refractivity contribution in [1.29, 1.82) is 0 Å². The molecule has 0 bridgehead atoms. The smallest absolute Gasteiger partial charge is 0.328 e. The van der Waals surface area contributed by atoms with E-state index in [0.717, 1.165) is 6.08 Å². The van der Waals surface area contributed by atoms with Crippen LogP contribution in [0, 0.1) is 0 Å². The number of ether oxygens (including phenoxy) is 2. The SMILES string of the molecule is COc1ccc(/C=C/C(=O)O)cc1OCCCO. The molecule has 1 rings (SSSR count). The molecule has 5 nitrogen and oxygen atoms in total. The van der Waals surface area contributed by atoms with Gasteiger partial charge in [-0.1, -0.05) is 6.07 Å². The van der Waals surface area contributed by atoms with E-state index in [4.69, 9.17) is 19.7 Å². The van der Waals surface area contributed by atoms with Gasteiger partial charge in [0.1, 0.15) is 0 Å². The van der Waals surface area contributed by atoms with Gasteiger partial charge in [-0.05, 0) is 23.8 Å². The van der Waals surface area contributed by atoms with Gasteiger partial charge < -0.3 is 19.7 Å². The van der Waals surface area contributed by atoms with Gasteiger partial charge in [-0.3, -0.25) is 0 Å². The Morgan fingerprint density at radius 3 is 2.78 bits per heavy atom. The monoisotopic (exact) mass is 252 g/mol. The molecule has 98 valence electrons. The molecule has 0 aromatic heterocycles. The van der Waals surface area contributed by atoms with Crippen LogP contribution in [0.3, 0.4) is 0 Å². The summed E-state index contributed by atoms with van der Waals surface area (Å²) in [5.41, 5.74) is 0.706. The maximum absolute atomic E-state index is 10.4. The highest BCUT2D eigenvalue weighted by Gasteiger charge is 2.04. The molecule has 5 heteroatoms. The Labute approximate surface area is 105 Å². The number of hydrogen-bond acceptors (Lipinski definition) is 4. The molecule has 0 radical (unpaired) electrons. The third kappa shape index (κ3) is 4.47. The summed E-state index contributed by atoms with van der Waals surface area (Å²) < 4.78 is 10.6. The summed E-state index contributed by atoms with van der Waals surface area (Å²) in [4.78, 5) is 10.4. The third-order valence-corrected chi connectivity index (χ3v) is 2.17. The normalized spacial score (nSPS) is 10.6. The van der Waals surface area contributed by atoms with Crippen LogP contribution in [-0.2, 0) is 4.79 Å². The van der Waals surface area contributed by atoms with Crippen LogP contribution >= 0.6 is 0 Å². The minimum Gasteiger partial charge on any atom is -0.493 e. The van der Waals surface area contributed by atoms with E-state index in [2.05, 4.69) is 0 Å². The van der Waals surface area contributed by atoms with Gasteiger partial charge in [0.2, 0.25) is 0 Å². The second-order valence-corrected chi connectivity index (χ2v) is 3.51. The number of methoxy groups -OCH3 is 1. The number of benzene rings is 1. The lowest BCUT2D eigenvalue weighted by Gasteiger charge is -2.10. The Hall–Kier alpha value is -2.01. The van der Waals surface area contributed by atoms with E-state index in [1.807, 2.05) is 0 Å². The summed E-state index contributed by atoms with van der Waals surface area (Å²) in [6, 6.07) is 5.13. The van der Waals surface area contributed by atoms with Crippen LogP contribution in [0.5, 0.6) is 11.5 Å². The van der Waals surface area contributed by atoms with E-state index < -0.39 is 5.97 Å². The molecule has 1 aromatic carbocycles. The van der Waals surface area contributed by atoms with Gasteiger partial charge in [0.15, 0.2) is 11.5 Å². The molecule has 0 heterocycles. The number of carbonyl (C=O) groups is 1. The van der Waals surface area contributed by atoms with Crippen molar-refractivity contribution >= 4 is 12.0 Å². The Kier molecular flexibility index (Phi) is 5.73. The van der Waals surface area contributed by atoms with Crippen LogP contribution < -0.4 is 9.47 Å². The van der Waals surface area contributed by atoms with E-state index in [9.17, 15) is 4.79 Å². The van der Waals surface area contributed by atoms with Crippen molar-refractivity contribution in [3.63, 3.8) is 0 Å². The highest BCUT2D eigenvalue weighted by atomic mass is 16.5. The van der Waals surface area contributed by atoms with Crippen LogP contribution in [0.1, 0.15) is 12.0 Å².